The molecule has 1 heterocycles. The summed E-state index contributed by atoms with van der Waals surface area (Å²) >= 11 is 1.66. The van der Waals surface area contributed by atoms with Crippen LogP contribution in [0.4, 0.5) is 8.78 Å². The summed E-state index contributed by atoms with van der Waals surface area (Å²) in [6.07, 6.45) is -0.00194. The zero-order valence-corrected chi connectivity index (χ0v) is 13.9. The number of carbonyl (C=O) groups is 1. The Balaban J connectivity index is 1.67. The van der Waals surface area contributed by atoms with Gasteiger partial charge in [0.25, 0.3) is 5.91 Å². The first-order chi connectivity index (χ1) is 11.5. The molecule has 2 aromatic rings. The molecule has 6 heteroatoms. The van der Waals surface area contributed by atoms with Crippen molar-refractivity contribution in [2.75, 3.05) is 5.75 Å². The highest BCUT2D eigenvalue weighted by atomic mass is 32.2. The van der Waals surface area contributed by atoms with Gasteiger partial charge in [0.1, 0.15) is 17.4 Å². The Hall–Kier alpha value is -2.08. The van der Waals surface area contributed by atoms with Crippen LogP contribution in [0.15, 0.2) is 47.4 Å². The van der Waals surface area contributed by atoms with Gasteiger partial charge < -0.3 is 10.1 Å². The Morgan fingerprint density at radius 3 is 2.67 bits per heavy atom. The standard InChI is InChI=1S/C18H17F2NO2S/c1-11(23-14-5-2-12(19)3-6-14)18(22)21-16-8-9-24-17-7-4-13(20)10-15(16)17/h2-7,10-11,16H,8-9H2,1H3,(H,21,22). The van der Waals surface area contributed by atoms with Crippen molar-refractivity contribution in [1.29, 1.82) is 0 Å². The zero-order chi connectivity index (χ0) is 17.1. The van der Waals surface area contributed by atoms with Gasteiger partial charge in [-0.1, -0.05) is 0 Å². The molecule has 0 fully saturated rings. The van der Waals surface area contributed by atoms with Crippen LogP contribution in [0.1, 0.15) is 24.9 Å². The van der Waals surface area contributed by atoms with E-state index in [2.05, 4.69) is 5.32 Å². The fraction of sp³-hybridized carbons (Fsp3) is 0.278. The third-order valence-electron chi connectivity index (χ3n) is 3.82. The van der Waals surface area contributed by atoms with Crippen LogP contribution in [0.5, 0.6) is 5.75 Å². The van der Waals surface area contributed by atoms with E-state index in [1.807, 2.05) is 0 Å². The summed E-state index contributed by atoms with van der Waals surface area (Å²) in [5.74, 6) is 0.316. The van der Waals surface area contributed by atoms with Crippen LogP contribution in [-0.4, -0.2) is 17.8 Å². The number of hydrogen-bond donors (Lipinski definition) is 1. The van der Waals surface area contributed by atoms with Crippen LogP contribution in [-0.2, 0) is 4.79 Å². The van der Waals surface area contributed by atoms with E-state index in [4.69, 9.17) is 4.74 Å². The van der Waals surface area contributed by atoms with E-state index in [0.717, 1.165) is 22.6 Å². The highest BCUT2D eigenvalue weighted by molar-refractivity contribution is 7.99. The second kappa shape index (κ2) is 7.21. The zero-order valence-electron chi connectivity index (χ0n) is 13.1. The number of amides is 1. The molecule has 1 aliphatic rings. The fourth-order valence-electron chi connectivity index (χ4n) is 2.58. The molecule has 3 rings (SSSR count). The first-order valence-electron chi connectivity index (χ1n) is 7.68. The number of hydrogen-bond acceptors (Lipinski definition) is 3. The fourth-order valence-corrected chi connectivity index (χ4v) is 3.68. The molecule has 2 aromatic carbocycles. The van der Waals surface area contributed by atoms with Gasteiger partial charge in [0, 0.05) is 10.6 Å². The Morgan fingerprint density at radius 1 is 1.21 bits per heavy atom. The molecular formula is C18H17F2NO2S. The third-order valence-corrected chi connectivity index (χ3v) is 4.95. The van der Waals surface area contributed by atoms with Gasteiger partial charge in [-0.15, -0.1) is 11.8 Å². The second-order valence-corrected chi connectivity index (χ2v) is 6.73. The van der Waals surface area contributed by atoms with E-state index >= 15 is 0 Å². The Labute approximate surface area is 143 Å². The van der Waals surface area contributed by atoms with Crippen molar-refractivity contribution in [2.45, 2.75) is 30.4 Å². The summed E-state index contributed by atoms with van der Waals surface area (Å²) in [5, 5.41) is 2.92. The van der Waals surface area contributed by atoms with Gasteiger partial charge in [-0.3, -0.25) is 4.79 Å². The molecule has 0 saturated carbocycles. The molecule has 126 valence electrons. The van der Waals surface area contributed by atoms with Crippen LogP contribution in [0.2, 0.25) is 0 Å². The maximum atomic E-state index is 13.5. The van der Waals surface area contributed by atoms with Gasteiger partial charge >= 0.3 is 0 Å². The number of carbonyl (C=O) groups excluding carboxylic acids is 1. The molecule has 24 heavy (non-hydrogen) atoms. The van der Waals surface area contributed by atoms with Crippen molar-refractivity contribution in [2.24, 2.45) is 0 Å². The lowest BCUT2D eigenvalue weighted by molar-refractivity contribution is -0.128. The molecule has 1 aliphatic heterocycles. The molecule has 0 aliphatic carbocycles. The summed E-state index contributed by atoms with van der Waals surface area (Å²) in [6.45, 7) is 1.63. The van der Waals surface area contributed by atoms with Crippen LogP contribution in [0.25, 0.3) is 0 Å². The van der Waals surface area contributed by atoms with Crippen molar-refractivity contribution >= 4 is 17.7 Å². The summed E-state index contributed by atoms with van der Waals surface area (Å²) in [5.41, 5.74) is 0.800. The lowest BCUT2D eigenvalue weighted by atomic mass is 10.0. The topological polar surface area (TPSA) is 38.3 Å². The van der Waals surface area contributed by atoms with Crippen molar-refractivity contribution in [3.63, 3.8) is 0 Å². The molecule has 1 N–H and O–H groups in total. The Kier molecular flexibility index (Phi) is 5.04. The monoisotopic (exact) mass is 349 g/mol. The number of ether oxygens (including phenoxy) is 1. The number of fused-ring (bicyclic) bond motifs is 1. The van der Waals surface area contributed by atoms with E-state index < -0.39 is 6.10 Å². The van der Waals surface area contributed by atoms with Crippen LogP contribution in [0, 0.1) is 11.6 Å². The molecule has 1 amide bonds. The molecule has 0 spiro atoms. The minimum absolute atomic E-state index is 0.233. The largest absolute Gasteiger partial charge is 0.481 e. The van der Waals surface area contributed by atoms with Gasteiger partial charge in [0.2, 0.25) is 0 Å². The lowest BCUT2D eigenvalue weighted by Crippen LogP contribution is -2.39. The predicted octanol–water partition coefficient (Wildman–Crippen LogP) is 4.09. The van der Waals surface area contributed by atoms with Gasteiger partial charge in [-0.2, -0.15) is 0 Å². The predicted molar refractivity (Wildman–Crippen MR) is 89.1 cm³/mol. The van der Waals surface area contributed by atoms with Gasteiger partial charge in [-0.25, -0.2) is 8.78 Å². The second-order valence-electron chi connectivity index (χ2n) is 5.59. The SMILES string of the molecule is CC(Oc1ccc(F)cc1)C(=O)NC1CCSc2ccc(F)cc21. The van der Waals surface area contributed by atoms with Crippen LogP contribution >= 0.6 is 11.8 Å². The maximum absolute atomic E-state index is 13.5. The molecule has 0 bridgehead atoms. The number of rotatable bonds is 4. The molecule has 0 radical (unpaired) electrons. The number of nitrogens with one attached hydrogen (secondary N) is 1. The van der Waals surface area contributed by atoms with Crippen LogP contribution in [0.3, 0.4) is 0 Å². The highest BCUT2D eigenvalue weighted by Crippen LogP contribution is 2.36. The van der Waals surface area contributed by atoms with Gasteiger partial charge in [-0.05, 0) is 61.4 Å². The van der Waals surface area contributed by atoms with E-state index in [1.165, 1.54) is 36.4 Å². The van der Waals surface area contributed by atoms with Gasteiger partial charge in [0.05, 0.1) is 6.04 Å². The van der Waals surface area contributed by atoms with Crippen molar-refractivity contribution in [1.82, 2.24) is 5.32 Å². The summed E-state index contributed by atoms with van der Waals surface area (Å²) in [6, 6.07) is 9.90. The molecule has 2 unspecified atom stereocenters. The van der Waals surface area contributed by atoms with E-state index in [-0.39, 0.29) is 23.6 Å². The van der Waals surface area contributed by atoms with Gasteiger partial charge in [0.15, 0.2) is 6.10 Å². The van der Waals surface area contributed by atoms with E-state index in [0.29, 0.717) is 5.75 Å². The van der Waals surface area contributed by atoms with Crippen LogP contribution < -0.4 is 10.1 Å². The summed E-state index contributed by atoms with van der Waals surface area (Å²) < 4.78 is 31.9. The Bertz CT molecular complexity index is 736. The molecular weight excluding hydrogens is 332 g/mol. The average Bonchev–Trinajstić information content (AvgIpc) is 2.57. The van der Waals surface area contributed by atoms with E-state index in [1.54, 1.807) is 24.8 Å². The lowest BCUT2D eigenvalue weighted by Gasteiger charge is -2.27. The smallest absolute Gasteiger partial charge is 0.261 e. The summed E-state index contributed by atoms with van der Waals surface area (Å²) in [7, 11) is 0. The Morgan fingerprint density at radius 2 is 1.92 bits per heavy atom. The first-order valence-corrected chi connectivity index (χ1v) is 8.66. The number of thioether (sulfide) groups is 1. The highest BCUT2D eigenvalue weighted by Gasteiger charge is 2.25. The number of benzene rings is 2. The normalized spacial score (nSPS) is 17.7. The summed E-state index contributed by atoms with van der Waals surface area (Å²) in [4.78, 5) is 13.4. The maximum Gasteiger partial charge on any atom is 0.261 e. The van der Waals surface area contributed by atoms with Crippen molar-refractivity contribution in [3.8, 4) is 5.75 Å². The van der Waals surface area contributed by atoms with Crippen molar-refractivity contribution < 1.29 is 18.3 Å². The quantitative estimate of drug-likeness (QED) is 0.904. The minimum atomic E-state index is -0.734. The third kappa shape index (κ3) is 3.87. The van der Waals surface area contributed by atoms with E-state index in [9.17, 15) is 13.6 Å². The molecule has 3 nitrogen and oxygen atoms in total. The number of halogens is 2. The minimum Gasteiger partial charge on any atom is -0.481 e. The first kappa shape index (κ1) is 16.8. The average molecular weight is 349 g/mol. The molecule has 2 atom stereocenters. The molecule has 0 aromatic heterocycles. The molecule has 0 saturated heterocycles. The van der Waals surface area contributed by atoms with Crippen molar-refractivity contribution in [3.05, 3.63) is 59.7 Å².